The van der Waals surface area contributed by atoms with E-state index in [4.69, 9.17) is 34.8 Å². The Balaban J connectivity index is 1.41. The molecule has 58 heavy (non-hydrogen) atoms. The summed E-state index contributed by atoms with van der Waals surface area (Å²) >= 11 is 20.0. The number of anilines is 2. The summed E-state index contributed by atoms with van der Waals surface area (Å²) in [4.78, 5) is 53.5. The number of fused-ring (bicyclic) bond motifs is 4. The smallest absolute Gasteiger partial charge is 0.508 e. The van der Waals surface area contributed by atoms with Gasteiger partial charge in [-0.25, -0.2) is 31.8 Å². The van der Waals surface area contributed by atoms with E-state index in [0.29, 0.717) is 34.3 Å². The van der Waals surface area contributed by atoms with Crippen molar-refractivity contribution in [3.05, 3.63) is 87.3 Å². The third kappa shape index (κ3) is 5.77. The van der Waals surface area contributed by atoms with Gasteiger partial charge in [-0.1, -0.05) is 23.3 Å². The van der Waals surface area contributed by atoms with Crippen molar-refractivity contribution in [3.8, 4) is 11.5 Å². The number of hydrogen-bond acceptors (Lipinski definition) is 8. The summed E-state index contributed by atoms with van der Waals surface area (Å²) in [6.07, 6.45) is -10.8. The van der Waals surface area contributed by atoms with Crippen LogP contribution >= 0.6 is 34.8 Å². The molecule has 3 fully saturated rings. The fourth-order valence-electron chi connectivity index (χ4n) is 8.06. The molecule has 0 radical (unpaired) electrons. The van der Waals surface area contributed by atoms with Gasteiger partial charge in [-0.05, 0) is 49.1 Å². The number of aromatic hydroxyl groups is 1. The van der Waals surface area contributed by atoms with Gasteiger partial charge in [-0.3, -0.25) is 24.2 Å². The molecule has 2 aliphatic heterocycles. The second-order valence-corrected chi connectivity index (χ2v) is 15.1. The molecule has 1 saturated carbocycles. The SMILES string of the molecule is CN(c1nc(C(F)(F)F)ccc1Cl)N1C(=O)[C@H]2[C@H](CC=C3[C@H]2C[C@@]2(Cl)C(=O)N(c4c(F)c(F)c(F)c(F)c4F)C(=O)[C@@]2(Cl)[C@H]3c2cc(OC(F)(F)F)ccc2O)C1=O. The van der Waals surface area contributed by atoms with Gasteiger partial charge in [0.2, 0.25) is 5.82 Å². The van der Waals surface area contributed by atoms with Crippen molar-refractivity contribution in [2.24, 2.45) is 17.8 Å². The molecule has 1 aromatic heterocycles. The molecule has 2 saturated heterocycles. The number of pyridine rings is 1. The molecule has 10 nitrogen and oxygen atoms in total. The molecule has 0 spiro atoms. The van der Waals surface area contributed by atoms with Crippen LogP contribution in [0.25, 0.3) is 0 Å². The van der Waals surface area contributed by atoms with Crippen LogP contribution in [0.4, 0.5) is 59.8 Å². The fraction of sp³-hybridized carbons (Fsp3) is 0.324. The van der Waals surface area contributed by atoms with E-state index in [2.05, 4.69) is 9.72 Å². The summed E-state index contributed by atoms with van der Waals surface area (Å²) in [5.41, 5.74) is -4.69. The van der Waals surface area contributed by atoms with E-state index in [0.717, 1.165) is 19.2 Å². The minimum atomic E-state index is -5.37. The van der Waals surface area contributed by atoms with Crippen molar-refractivity contribution >= 4 is 69.9 Å². The lowest BCUT2D eigenvalue weighted by molar-refractivity contribution is -0.274. The van der Waals surface area contributed by atoms with Crippen molar-refractivity contribution < 1.29 is 77.3 Å². The lowest BCUT2D eigenvalue weighted by Crippen LogP contribution is -2.60. The zero-order valence-corrected chi connectivity index (χ0v) is 30.5. The number of benzene rings is 2. The van der Waals surface area contributed by atoms with Crippen molar-refractivity contribution in [2.45, 2.75) is 41.0 Å². The minimum Gasteiger partial charge on any atom is -0.508 e. The van der Waals surface area contributed by atoms with E-state index >= 15 is 8.78 Å². The van der Waals surface area contributed by atoms with E-state index in [1.54, 1.807) is 0 Å². The van der Waals surface area contributed by atoms with Crippen LogP contribution in [-0.4, -0.2) is 61.9 Å². The van der Waals surface area contributed by atoms with Crippen LogP contribution in [0.3, 0.4) is 0 Å². The summed E-state index contributed by atoms with van der Waals surface area (Å²) in [6.45, 7) is 0. The predicted octanol–water partition coefficient (Wildman–Crippen LogP) is 7.67. The van der Waals surface area contributed by atoms with Gasteiger partial charge < -0.3 is 9.84 Å². The first kappa shape index (κ1) is 41.3. The normalized spacial score (nSPS) is 27.1. The summed E-state index contributed by atoms with van der Waals surface area (Å²) in [5, 5.41) is 11.6. The standard InChI is InChI=1S/C34H18Cl3F11N4O6/c1-50(26-15(35)5-7-17(49-26)33(43,44)45)52-27(54)12-4-3-11-14(18(12)28(52)55)9-31(36)29(56)51(25-23(41)21(39)20(38)22(40)24(25)42)30(57)32(31,37)19(11)13-8-10(2-6-16(13)53)58-34(46,47)48/h2-3,5-8,12,14,18-19,53H,4,9H2,1H3/t12-,14+,18-,19+,31+,32-/m0/s1. The number of carbonyl (C=O) groups is 4. The summed E-state index contributed by atoms with van der Waals surface area (Å²) in [5.74, 6) is -29.3. The Kier molecular flexibility index (Phi) is 9.48. The van der Waals surface area contributed by atoms with Crippen LogP contribution in [0.15, 0.2) is 42.0 Å². The number of imide groups is 2. The summed E-state index contributed by atoms with van der Waals surface area (Å²) in [6, 6.07) is 3.02. The number of halogens is 14. The Morgan fingerprint density at radius 2 is 1.47 bits per heavy atom. The van der Waals surface area contributed by atoms with Crippen LogP contribution < -0.4 is 14.6 Å². The van der Waals surface area contributed by atoms with Gasteiger partial charge in [0.05, 0.1) is 16.9 Å². The van der Waals surface area contributed by atoms with Gasteiger partial charge in [0.15, 0.2) is 38.8 Å². The summed E-state index contributed by atoms with van der Waals surface area (Å²) < 4.78 is 158. The quantitative estimate of drug-likeness (QED) is 0.0693. The van der Waals surface area contributed by atoms with Gasteiger partial charge in [-0.2, -0.15) is 18.2 Å². The number of allylic oxidation sites excluding steroid dienone is 2. The molecule has 1 N–H and O–H groups in total. The van der Waals surface area contributed by atoms with Crippen molar-refractivity contribution in [3.63, 3.8) is 0 Å². The van der Waals surface area contributed by atoms with Crippen molar-refractivity contribution in [1.82, 2.24) is 9.99 Å². The van der Waals surface area contributed by atoms with Crippen molar-refractivity contribution in [2.75, 3.05) is 17.0 Å². The molecule has 4 amide bonds. The third-order valence-electron chi connectivity index (χ3n) is 10.5. The number of hydrogen-bond donors (Lipinski definition) is 1. The number of aromatic nitrogens is 1. The maximum Gasteiger partial charge on any atom is 0.573 e. The largest absolute Gasteiger partial charge is 0.573 e. The van der Waals surface area contributed by atoms with Crippen LogP contribution in [0, 0.1) is 46.8 Å². The van der Waals surface area contributed by atoms with E-state index in [1.165, 1.54) is 0 Å². The topological polar surface area (TPSA) is 120 Å². The highest BCUT2D eigenvalue weighted by molar-refractivity contribution is 6.58. The molecule has 6 atom stereocenters. The zero-order chi connectivity index (χ0) is 42.9. The number of phenolic OH excluding ortho intramolecular Hbond substituents is 1. The Morgan fingerprint density at radius 3 is 2.05 bits per heavy atom. The molecule has 4 aliphatic rings. The molecule has 2 aliphatic carbocycles. The summed E-state index contributed by atoms with van der Waals surface area (Å²) in [7, 11) is 0.956. The maximum atomic E-state index is 15.3. The number of phenols is 1. The van der Waals surface area contributed by atoms with Crippen LogP contribution in [0.2, 0.25) is 5.02 Å². The van der Waals surface area contributed by atoms with Gasteiger partial charge in [0, 0.05) is 18.5 Å². The monoisotopic (exact) mass is 892 g/mol. The number of ether oxygens (including phenoxy) is 1. The zero-order valence-electron chi connectivity index (χ0n) is 28.3. The van der Waals surface area contributed by atoms with E-state index in [-0.39, 0.29) is 5.57 Å². The molecule has 3 aromatic rings. The second kappa shape index (κ2) is 13.3. The number of amides is 4. The molecular weight excluding hydrogens is 876 g/mol. The first-order valence-corrected chi connectivity index (χ1v) is 17.3. The fourth-order valence-corrected chi connectivity index (χ4v) is 9.22. The van der Waals surface area contributed by atoms with Crippen LogP contribution in [-0.2, 0) is 25.4 Å². The average Bonchev–Trinajstić information content (AvgIpc) is 3.47. The van der Waals surface area contributed by atoms with Crippen molar-refractivity contribution in [1.29, 1.82) is 0 Å². The Hall–Kier alpha value is -4.89. The van der Waals surface area contributed by atoms with Gasteiger partial charge in [-0.15, -0.1) is 36.4 Å². The molecule has 7 rings (SSSR count). The molecule has 308 valence electrons. The number of hydrazine groups is 1. The number of nitrogens with zero attached hydrogens (tertiary/aromatic N) is 4. The van der Waals surface area contributed by atoms with Gasteiger partial charge in [0.1, 0.15) is 22.9 Å². The van der Waals surface area contributed by atoms with Gasteiger partial charge >= 0.3 is 12.5 Å². The molecule has 0 bridgehead atoms. The Morgan fingerprint density at radius 1 is 0.862 bits per heavy atom. The van der Waals surface area contributed by atoms with E-state index < -0.39 is 156 Å². The molecule has 24 heteroatoms. The number of alkyl halides is 8. The second-order valence-electron chi connectivity index (χ2n) is 13.5. The van der Waals surface area contributed by atoms with E-state index in [1.807, 2.05) is 0 Å². The first-order chi connectivity index (χ1) is 26.8. The lowest BCUT2D eigenvalue weighted by Gasteiger charge is -2.50. The van der Waals surface area contributed by atoms with E-state index in [9.17, 15) is 63.8 Å². The predicted molar refractivity (Wildman–Crippen MR) is 176 cm³/mol. The molecule has 0 unspecified atom stereocenters. The van der Waals surface area contributed by atoms with Crippen LogP contribution in [0.1, 0.15) is 30.0 Å². The average molecular weight is 894 g/mol. The number of rotatable bonds is 5. The maximum absolute atomic E-state index is 15.3. The molecular formula is C34H18Cl3F11N4O6. The third-order valence-corrected chi connectivity index (χ3v) is 12.2. The number of carbonyl (C=O) groups excluding carboxylic acids is 4. The van der Waals surface area contributed by atoms with Crippen LogP contribution in [0.5, 0.6) is 11.5 Å². The highest BCUT2D eigenvalue weighted by atomic mass is 35.5. The molecule has 2 aromatic carbocycles. The minimum absolute atomic E-state index is 0.284. The molecule has 3 heterocycles. The Labute approximate surface area is 331 Å². The first-order valence-electron chi connectivity index (χ1n) is 16.2. The Bertz CT molecular complexity index is 2370. The highest BCUT2D eigenvalue weighted by Crippen LogP contribution is 2.67. The highest BCUT2D eigenvalue weighted by Gasteiger charge is 2.77. The van der Waals surface area contributed by atoms with Gasteiger partial charge in [0.25, 0.3) is 23.6 Å². The lowest BCUT2D eigenvalue weighted by atomic mass is 9.56.